The number of amides is 1. The molecule has 114 valence electrons. The SMILES string of the molecule is CC1CCc2c(C(=O)NC3(C(=O)O)CCOC3)csc2C1. The maximum atomic E-state index is 12.5. The Morgan fingerprint density at radius 1 is 1.52 bits per heavy atom. The van der Waals surface area contributed by atoms with Gasteiger partial charge in [0.1, 0.15) is 0 Å². The molecule has 3 rings (SSSR count). The molecule has 5 nitrogen and oxygen atoms in total. The third kappa shape index (κ3) is 2.58. The molecule has 0 saturated carbocycles. The van der Waals surface area contributed by atoms with Crippen molar-refractivity contribution in [3.63, 3.8) is 0 Å². The Kier molecular flexibility index (Phi) is 3.75. The molecule has 0 spiro atoms. The molecule has 0 aromatic carbocycles. The second-order valence-corrected chi connectivity index (χ2v) is 7.01. The Hall–Kier alpha value is -1.40. The molecular formula is C15H19NO4S. The van der Waals surface area contributed by atoms with E-state index in [4.69, 9.17) is 4.74 Å². The van der Waals surface area contributed by atoms with Crippen molar-refractivity contribution >= 4 is 23.2 Å². The van der Waals surface area contributed by atoms with Crippen LogP contribution < -0.4 is 5.32 Å². The number of rotatable bonds is 3. The first-order chi connectivity index (χ1) is 10.0. The van der Waals surface area contributed by atoms with Gasteiger partial charge in [-0.15, -0.1) is 11.3 Å². The van der Waals surface area contributed by atoms with E-state index in [9.17, 15) is 14.7 Å². The molecule has 2 aliphatic rings. The highest BCUT2D eigenvalue weighted by Gasteiger charge is 2.44. The van der Waals surface area contributed by atoms with Gasteiger partial charge >= 0.3 is 5.97 Å². The summed E-state index contributed by atoms with van der Waals surface area (Å²) in [5, 5.41) is 14.0. The van der Waals surface area contributed by atoms with Crippen LogP contribution in [0.2, 0.25) is 0 Å². The van der Waals surface area contributed by atoms with Crippen LogP contribution in [0.3, 0.4) is 0 Å². The minimum Gasteiger partial charge on any atom is -0.479 e. The van der Waals surface area contributed by atoms with E-state index in [1.165, 1.54) is 4.88 Å². The summed E-state index contributed by atoms with van der Waals surface area (Å²) in [6, 6.07) is 0. The third-order valence-electron chi connectivity index (χ3n) is 4.43. The Morgan fingerprint density at radius 3 is 3.00 bits per heavy atom. The van der Waals surface area contributed by atoms with Crippen LogP contribution in [0.1, 0.15) is 40.6 Å². The number of fused-ring (bicyclic) bond motifs is 1. The van der Waals surface area contributed by atoms with Crippen LogP contribution in [-0.2, 0) is 22.4 Å². The van der Waals surface area contributed by atoms with Crippen LogP contribution in [0.15, 0.2) is 5.38 Å². The molecule has 1 aliphatic heterocycles. The van der Waals surface area contributed by atoms with E-state index < -0.39 is 11.5 Å². The highest BCUT2D eigenvalue weighted by atomic mass is 32.1. The highest BCUT2D eigenvalue weighted by Crippen LogP contribution is 2.33. The van der Waals surface area contributed by atoms with Crippen molar-refractivity contribution in [3.8, 4) is 0 Å². The van der Waals surface area contributed by atoms with Crippen molar-refractivity contribution in [2.24, 2.45) is 5.92 Å². The van der Waals surface area contributed by atoms with Crippen molar-refractivity contribution < 1.29 is 19.4 Å². The number of ether oxygens (including phenoxy) is 1. The summed E-state index contributed by atoms with van der Waals surface area (Å²) >= 11 is 1.61. The molecular weight excluding hydrogens is 290 g/mol. The molecule has 1 amide bonds. The van der Waals surface area contributed by atoms with E-state index in [0.717, 1.165) is 24.8 Å². The fraction of sp³-hybridized carbons (Fsp3) is 0.600. The predicted octanol–water partition coefficient (Wildman–Crippen LogP) is 1.85. The maximum Gasteiger partial charge on any atom is 0.331 e. The topological polar surface area (TPSA) is 75.6 Å². The van der Waals surface area contributed by atoms with Crippen LogP contribution >= 0.6 is 11.3 Å². The van der Waals surface area contributed by atoms with Crippen LogP contribution in [0, 0.1) is 5.92 Å². The number of carbonyl (C=O) groups is 2. The van der Waals surface area contributed by atoms with Gasteiger partial charge in [0.15, 0.2) is 5.54 Å². The molecule has 21 heavy (non-hydrogen) atoms. The van der Waals surface area contributed by atoms with E-state index >= 15 is 0 Å². The van der Waals surface area contributed by atoms with Gasteiger partial charge < -0.3 is 15.2 Å². The van der Waals surface area contributed by atoms with Crippen LogP contribution in [0.4, 0.5) is 0 Å². The molecule has 0 bridgehead atoms. The number of aliphatic carboxylic acids is 1. The van der Waals surface area contributed by atoms with Crippen molar-refractivity contribution in [1.29, 1.82) is 0 Å². The molecule has 2 atom stereocenters. The summed E-state index contributed by atoms with van der Waals surface area (Å²) in [5.74, 6) is -0.651. The summed E-state index contributed by atoms with van der Waals surface area (Å²) in [6.45, 7) is 2.63. The average Bonchev–Trinajstić information content (AvgIpc) is 3.05. The smallest absolute Gasteiger partial charge is 0.331 e. The van der Waals surface area contributed by atoms with E-state index in [1.54, 1.807) is 11.3 Å². The molecule has 1 aromatic rings. The van der Waals surface area contributed by atoms with E-state index in [-0.39, 0.29) is 12.5 Å². The Bertz CT molecular complexity index is 574. The lowest BCUT2D eigenvalue weighted by atomic mass is 9.88. The van der Waals surface area contributed by atoms with Crippen molar-refractivity contribution in [3.05, 3.63) is 21.4 Å². The molecule has 6 heteroatoms. The fourth-order valence-corrected chi connectivity index (χ4v) is 4.28. The zero-order valence-electron chi connectivity index (χ0n) is 12.0. The van der Waals surface area contributed by atoms with Gasteiger partial charge in [-0.25, -0.2) is 4.79 Å². The molecule has 1 aromatic heterocycles. The largest absolute Gasteiger partial charge is 0.479 e. The van der Waals surface area contributed by atoms with E-state index in [1.807, 2.05) is 5.38 Å². The zero-order valence-corrected chi connectivity index (χ0v) is 12.8. The zero-order chi connectivity index (χ0) is 15.0. The van der Waals surface area contributed by atoms with Gasteiger partial charge in [0, 0.05) is 23.3 Å². The van der Waals surface area contributed by atoms with Gasteiger partial charge in [-0.05, 0) is 30.7 Å². The summed E-state index contributed by atoms with van der Waals surface area (Å²) in [4.78, 5) is 25.2. The molecule has 2 unspecified atom stereocenters. The summed E-state index contributed by atoms with van der Waals surface area (Å²) in [6.07, 6.45) is 3.31. The molecule has 1 fully saturated rings. The van der Waals surface area contributed by atoms with Gasteiger partial charge in [0.2, 0.25) is 0 Å². The quantitative estimate of drug-likeness (QED) is 0.893. The fourth-order valence-electron chi connectivity index (χ4n) is 3.04. The minimum absolute atomic E-state index is 0.0391. The highest BCUT2D eigenvalue weighted by molar-refractivity contribution is 7.10. The number of hydrogen-bond donors (Lipinski definition) is 2. The first kappa shape index (κ1) is 14.5. The average molecular weight is 309 g/mol. The van der Waals surface area contributed by atoms with Crippen molar-refractivity contribution in [2.75, 3.05) is 13.2 Å². The lowest BCUT2D eigenvalue weighted by Crippen LogP contribution is -2.55. The molecule has 2 heterocycles. The second-order valence-electron chi connectivity index (χ2n) is 6.04. The molecule has 2 N–H and O–H groups in total. The molecule has 1 aliphatic carbocycles. The summed E-state index contributed by atoms with van der Waals surface area (Å²) in [7, 11) is 0. The summed E-state index contributed by atoms with van der Waals surface area (Å²) in [5.41, 5.74) is 0.484. The van der Waals surface area contributed by atoms with Gasteiger partial charge in [-0.1, -0.05) is 6.92 Å². The minimum atomic E-state index is -1.27. The second kappa shape index (κ2) is 5.42. The summed E-state index contributed by atoms with van der Waals surface area (Å²) < 4.78 is 5.17. The number of carboxylic acid groups (broad SMARTS) is 1. The third-order valence-corrected chi connectivity index (χ3v) is 5.48. The predicted molar refractivity (Wildman–Crippen MR) is 78.8 cm³/mol. The number of thiophene rings is 1. The van der Waals surface area contributed by atoms with Crippen molar-refractivity contribution in [1.82, 2.24) is 5.32 Å². The van der Waals surface area contributed by atoms with Gasteiger partial charge in [0.25, 0.3) is 5.91 Å². The van der Waals surface area contributed by atoms with Crippen molar-refractivity contribution in [2.45, 2.75) is 38.1 Å². The lowest BCUT2D eigenvalue weighted by Gasteiger charge is -2.24. The number of carboxylic acids is 1. The van der Waals surface area contributed by atoms with Gasteiger partial charge in [-0.3, -0.25) is 4.79 Å². The standard InChI is InChI=1S/C15H19NO4S/c1-9-2-3-10-11(7-21-12(10)6-9)13(17)16-15(14(18)19)4-5-20-8-15/h7,9H,2-6,8H2,1H3,(H,16,17)(H,18,19). The monoisotopic (exact) mass is 309 g/mol. The first-order valence-electron chi connectivity index (χ1n) is 7.25. The molecule has 0 radical (unpaired) electrons. The van der Waals surface area contributed by atoms with Crippen LogP contribution in [0.5, 0.6) is 0 Å². The Balaban J connectivity index is 1.82. The Morgan fingerprint density at radius 2 is 2.33 bits per heavy atom. The molecule has 1 saturated heterocycles. The van der Waals surface area contributed by atoms with E-state index in [0.29, 0.717) is 24.5 Å². The van der Waals surface area contributed by atoms with Gasteiger partial charge in [-0.2, -0.15) is 0 Å². The first-order valence-corrected chi connectivity index (χ1v) is 8.13. The Labute approximate surface area is 127 Å². The number of hydrogen-bond acceptors (Lipinski definition) is 4. The van der Waals surface area contributed by atoms with Crippen LogP contribution in [-0.4, -0.2) is 35.7 Å². The van der Waals surface area contributed by atoms with Crippen LogP contribution in [0.25, 0.3) is 0 Å². The lowest BCUT2D eigenvalue weighted by molar-refractivity contribution is -0.144. The number of nitrogens with one attached hydrogen (secondary N) is 1. The normalized spacial score (nSPS) is 28.1. The van der Waals surface area contributed by atoms with Gasteiger partial charge in [0.05, 0.1) is 12.2 Å². The van der Waals surface area contributed by atoms with E-state index in [2.05, 4.69) is 12.2 Å². The number of carbonyl (C=O) groups excluding carboxylic acids is 1. The maximum absolute atomic E-state index is 12.5.